The van der Waals surface area contributed by atoms with Crippen molar-refractivity contribution in [1.29, 1.82) is 0 Å². The number of nitrogens with one attached hydrogen (secondary N) is 1. The number of rotatable bonds is 9. The molecule has 16 heavy (non-hydrogen) atoms. The third-order valence-electron chi connectivity index (χ3n) is 2.41. The van der Waals surface area contributed by atoms with Crippen molar-refractivity contribution < 1.29 is 23.2 Å². The van der Waals surface area contributed by atoms with E-state index in [4.69, 9.17) is 18.4 Å². The van der Waals surface area contributed by atoms with Crippen LogP contribution in [0, 0.1) is 0 Å². The van der Waals surface area contributed by atoms with E-state index in [1.54, 1.807) is 28.3 Å². The Kier molecular flexibility index (Phi) is 7.51. The molecule has 0 saturated heterocycles. The second-order valence-electron chi connectivity index (χ2n) is 3.41. The van der Waals surface area contributed by atoms with Crippen LogP contribution in [0.1, 0.15) is 13.3 Å². The van der Waals surface area contributed by atoms with Crippen molar-refractivity contribution in [3.63, 3.8) is 0 Å². The minimum absolute atomic E-state index is 0.538. The van der Waals surface area contributed by atoms with E-state index >= 15 is 0 Å². The topological polar surface area (TPSA) is 77.0 Å². The van der Waals surface area contributed by atoms with Gasteiger partial charge in [0.1, 0.15) is 6.04 Å². The predicted molar refractivity (Wildman–Crippen MR) is 61.3 cm³/mol. The maximum Gasteiger partial charge on any atom is 0.500 e. The molecule has 0 fully saturated rings. The molecule has 0 aliphatic carbocycles. The van der Waals surface area contributed by atoms with Crippen molar-refractivity contribution in [3.05, 3.63) is 0 Å². The Bertz CT molecular complexity index is 202. The largest absolute Gasteiger partial charge is 0.500 e. The number of hydrogen-bond donors (Lipinski definition) is 2. The van der Waals surface area contributed by atoms with Gasteiger partial charge in [-0.1, -0.05) is 0 Å². The van der Waals surface area contributed by atoms with Crippen molar-refractivity contribution in [1.82, 2.24) is 5.32 Å². The Morgan fingerprint density at radius 2 is 1.81 bits per heavy atom. The van der Waals surface area contributed by atoms with Crippen molar-refractivity contribution >= 4 is 14.8 Å². The van der Waals surface area contributed by atoms with Crippen molar-refractivity contribution in [2.45, 2.75) is 25.4 Å². The Morgan fingerprint density at radius 1 is 1.31 bits per heavy atom. The van der Waals surface area contributed by atoms with Crippen LogP contribution in [0.25, 0.3) is 0 Å². The van der Waals surface area contributed by atoms with E-state index in [-0.39, 0.29) is 0 Å². The molecule has 1 atom stereocenters. The first-order valence-corrected chi connectivity index (χ1v) is 7.06. The molecule has 6 nitrogen and oxygen atoms in total. The number of carboxylic acids is 1. The quantitative estimate of drug-likeness (QED) is 0.454. The van der Waals surface area contributed by atoms with Gasteiger partial charge < -0.3 is 23.7 Å². The van der Waals surface area contributed by atoms with E-state index in [2.05, 4.69) is 5.32 Å². The summed E-state index contributed by atoms with van der Waals surface area (Å²) in [6.07, 6.45) is 0.749. The molecule has 0 aliphatic heterocycles. The Morgan fingerprint density at radius 3 is 2.19 bits per heavy atom. The first-order valence-electron chi connectivity index (χ1n) is 5.13. The van der Waals surface area contributed by atoms with Gasteiger partial charge in [0.15, 0.2) is 0 Å². The summed E-state index contributed by atoms with van der Waals surface area (Å²) in [7, 11) is 2.18. The first kappa shape index (κ1) is 15.5. The lowest BCUT2D eigenvalue weighted by molar-refractivity contribution is -0.138. The lowest BCUT2D eigenvalue weighted by atomic mass is 10.3. The van der Waals surface area contributed by atoms with Gasteiger partial charge >= 0.3 is 14.8 Å². The van der Waals surface area contributed by atoms with Crippen LogP contribution in [0.4, 0.5) is 0 Å². The fraction of sp³-hybridized carbons (Fsp3) is 0.889. The summed E-state index contributed by atoms with van der Waals surface area (Å²) in [4.78, 5) is 10.5. The van der Waals surface area contributed by atoms with Gasteiger partial charge in [0.2, 0.25) is 0 Å². The van der Waals surface area contributed by atoms with Gasteiger partial charge in [0.05, 0.1) is 0 Å². The zero-order valence-corrected chi connectivity index (χ0v) is 11.3. The highest BCUT2D eigenvalue weighted by Crippen LogP contribution is 2.14. The van der Waals surface area contributed by atoms with Crippen molar-refractivity contribution in [3.8, 4) is 0 Å². The molecule has 0 amide bonds. The van der Waals surface area contributed by atoms with E-state index in [1.807, 2.05) is 0 Å². The number of aliphatic carboxylic acids is 1. The van der Waals surface area contributed by atoms with Crippen LogP contribution < -0.4 is 5.32 Å². The lowest BCUT2D eigenvalue weighted by Gasteiger charge is -2.24. The molecule has 0 saturated carbocycles. The summed E-state index contributed by atoms with van der Waals surface area (Å²) >= 11 is 0. The van der Waals surface area contributed by atoms with E-state index < -0.39 is 20.8 Å². The standard InChI is InChI=1S/C9H21NO5Si/c1-8(9(11)12)10-6-5-7-16(13-2,14-3)15-4/h8,10H,5-7H2,1-4H3,(H,11,12). The van der Waals surface area contributed by atoms with E-state index in [9.17, 15) is 4.79 Å². The maximum atomic E-state index is 10.5. The molecule has 0 bridgehead atoms. The van der Waals surface area contributed by atoms with Gasteiger partial charge in [-0.2, -0.15) is 0 Å². The molecule has 0 aromatic heterocycles. The van der Waals surface area contributed by atoms with Gasteiger partial charge in [-0.15, -0.1) is 0 Å². The Labute approximate surface area is 97.3 Å². The lowest BCUT2D eigenvalue weighted by Crippen LogP contribution is -2.43. The minimum Gasteiger partial charge on any atom is -0.480 e. The second kappa shape index (κ2) is 7.74. The number of hydrogen-bond acceptors (Lipinski definition) is 5. The SMILES string of the molecule is CO[Si](CCCNC(C)C(=O)O)(OC)OC. The van der Waals surface area contributed by atoms with Crippen LogP contribution in [-0.2, 0) is 18.1 Å². The normalized spacial score (nSPS) is 13.8. The second-order valence-corrected chi connectivity index (χ2v) is 6.50. The number of carbonyl (C=O) groups is 1. The van der Waals surface area contributed by atoms with E-state index in [1.165, 1.54) is 0 Å². The molecule has 96 valence electrons. The van der Waals surface area contributed by atoms with Crippen LogP contribution in [0.3, 0.4) is 0 Å². The predicted octanol–water partition coefficient (Wildman–Crippen LogP) is 0.317. The summed E-state index contributed by atoms with van der Waals surface area (Å²) in [6, 6.07) is 0.124. The third-order valence-corrected chi connectivity index (χ3v) is 5.25. The van der Waals surface area contributed by atoms with Crippen molar-refractivity contribution in [2.75, 3.05) is 27.9 Å². The highest BCUT2D eigenvalue weighted by molar-refractivity contribution is 6.60. The monoisotopic (exact) mass is 251 g/mol. The molecule has 0 aromatic carbocycles. The van der Waals surface area contributed by atoms with E-state index in [0.717, 1.165) is 6.42 Å². The highest BCUT2D eigenvalue weighted by Gasteiger charge is 2.36. The highest BCUT2D eigenvalue weighted by atomic mass is 28.4. The molecule has 7 heteroatoms. The summed E-state index contributed by atoms with van der Waals surface area (Å²) in [5.41, 5.74) is 0. The molecule has 2 N–H and O–H groups in total. The molecule has 0 rings (SSSR count). The minimum atomic E-state index is -2.50. The van der Waals surface area contributed by atoms with Crippen LogP contribution in [0.2, 0.25) is 6.04 Å². The van der Waals surface area contributed by atoms with Gasteiger partial charge in [-0.05, 0) is 19.9 Å². The van der Waals surface area contributed by atoms with Crippen LogP contribution in [0.15, 0.2) is 0 Å². The molecule has 0 heterocycles. The molecule has 0 aliphatic rings. The van der Waals surface area contributed by atoms with E-state index in [0.29, 0.717) is 12.6 Å². The van der Waals surface area contributed by atoms with Crippen LogP contribution >= 0.6 is 0 Å². The smallest absolute Gasteiger partial charge is 0.480 e. The van der Waals surface area contributed by atoms with Crippen molar-refractivity contribution in [2.24, 2.45) is 0 Å². The summed E-state index contributed by atoms with van der Waals surface area (Å²) in [5, 5.41) is 11.5. The zero-order chi connectivity index (χ0) is 12.6. The first-order chi connectivity index (χ1) is 7.51. The number of carboxylic acid groups (broad SMARTS) is 1. The van der Waals surface area contributed by atoms with Gasteiger partial charge in [0, 0.05) is 27.4 Å². The van der Waals surface area contributed by atoms with Crippen LogP contribution in [-0.4, -0.2) is 53.8 Å². The average Bonchev–Trinajstić information content (AvgIpc) is 2.30. The molecule has 0 aromatic rings. The summed E-state index contributed by atoms with van der Waals surface area (Å²) < 4.78 is 15.7. The average molecular weight is 251 g/mol. The molecular formula is C9H21NO5Si. The molecule has 0 radical (unpaired) electrons. The third kappa shape index (κ3) is 5.04. The molecule has 0 spiro atoms. The van der Waals surface area contributed by atoms with Crippen LogP contribution in [0.5, 0.6) is 0 Å². The fourth-order valence-electron chi connectivity index (χ4n) is 1.27. The Balaban J connectivity index is 3.83. The summed E-state index contributed by atoms with van der Waals surface area (Å²) in [6.45, 7) is 2.20. The van der Waals surface area contributed by atoms with Gasteiger partial charge in [0.25, 0.3) is 0 Å². The maximum absolute atomic E-state index is 10.5. The fourth-order valence-corrected chi connectivity index (χ4v) is 2.99. The zero-order valence-electron chi connectivity index (χ0n) is 10.3. The van der Waals surface area contributed by atoms with Gasteiger partial charge in [-0.25, -0.2) is 0 Å². The Hall–Kier alpha value is -0.473. The molecular weight excluding hydrogens is 230 g/mol. The summed E-state index contributed by atoms with van der Waals surface area (Å²) in [5.74, 6) is -0.853. The van der Waals surface area contributed by atoms with Gasteiger partial charge in [-0.3, -0.25) is 4.79 Å². The molecule has 1 unspecified atom stereocenters.